The second kappa shape index (κ2) is 9.12. The summed E-state index contributed by atoms with van der Waals surface area (Å²) < 4.78 is 6.32. The second-order valence-electron chi connectivity index (χ2n) is 6.43. The third-order valence-electron chi connectivity index (χ3n) is 4.47. The van der Waals surface area contributed by atoms with Crippen molar-refractivity contribution in [3.8, 4) is 0 Å². The summed E-state index contributed by atoms with van der Waals surface area (Å²) in [6.45, 7) is 3.04. The SMILES string of the molecule is Cc1cc(I)ccc1NC(=O)COC(=O)C1CCN(c2ncccn2)CC1. The van der Waals surface area contributed by atoms with Crippen molar-refractivity contribution in [2.24, 2.45) is 5.92 Å². The predicted octanol–water partition coefficient (Wildman–Crippen LogP) is 2.79. The molecule has 1 aliphatic heterocycles. The largest absolute Gasteiger partial charge is 0.455 e. The second-order valence-corrected chi connectivity index (χ2v) is 7.67. The summed E-state index contributed by atoms with van der Waals surface area (Å²) in [5.41, 5.74) is 1.70. The van der Waals surface area contributed by atoms with Crippen molar-refractivity contribution in [1.29, 1.82) is 0 Å². The Bertz CT molecular complexity index is 808. The fourth-order valence-electron chi connectivity index (χ4n) is 2.98. The van der Waals surface area contributed by atoms with Gasteiger partial charge >= 0.3 is 5.97 Å². The lowest BCUT2D eigenvalue weighted by Crippen LogP contribution is -2.38. The van der Waals surface area contributed by atoms with Gasteiger partial charge < -0.3 is 15.0 Å². The fourth-order valence-corrected chi connectivity index (χ4v) is 3.62. The van der Waals surface area contributed by atoms with Gasteiger partial charge in [-0.1, -0.05) is 0 Å². The number of amides is 1. The first kappa shape index (κ1) is 19.5. The number of nitrogens with zero attached hydrogens (tertiary/aromatic N) is 3. The molecular formula is C19H21IN4O3. The minimum Gasteiger partial charge on any atom is -0.455 e. The highest BCUT2D eigenvalue weighted by molar-refractivity contribution is 14.1. The number of carbonyl (C=O) groups is 2. The monoisotopic (exact) mass is 480 g/mol. The molecule has 27 heavy (non-hydrogen) atoms. The molecule has 1 fully saturated rings. The Morgan fingerprint density at radius 3 is 2.63 bits per heavy atom. The molecule has 1 amide bonds. The number of ether oxygens (including phenoxy) is 1. The number of nitrogens with one attached hydrogen (secondary N) is 1. The number of hydrogen-bond donors (Lipinski definition) is 1. The van der Waals surface area contributed by atoms with Gasteiger partial charge in [0.1, 0.15) is 0 Å². The maximum Gasteiger partial charge on any atom is 0.309 e. The summed E-state index contributed by atoms with van der Waals surface area (Å²) in [5, 5.41) is 2.78. The van der Waals surface area contributed by atoms with Gasteiger partial charge in [-0.15, -0.1) is 0 Å². The van der Waals surface area contributed by atoms with Crippen molar-refractivity contribution >= 4 is 46.1 Å². The number of carbonyl (C=O) groups excluding carboxylic acids is 2. The number of aromatic nitrogens is 2. The lowest BCUT2D eigenvalue weighted by molar-refractivity contribution is -0.152. The molecule has 0 bridgehead atoms. The molecule has 1 aliphatic rings. The number of hydrogen-bond acceptors (Lipinski definition) is 6. The van der Waals surface area contributed by atoms with Crippen LogP contribution < -0.4 is 10.2 Å². The van der Waals surface area contributed by atoms with Crippen LogP contribution in [0.5, 0.6) is 0 Å². The van der Waals surface area contributed by atoms with Crippen molar-refractivity contribution in [3.05, 3.63) is 45.8 Å². The molecule has 142 valence electrons. The topological polar surface area (TPSA) is 84.4 Å². The van der Waals surface area contributed by atoms with Gasteiger partial charge in [-0.25, -0.2) is 9.97 Å². The molecule has 1 saturated heterocycles. The van der Waals surface area contributed by atoms with Gasteiger partial charge in [-0.3, -0.25) is 9.59 Å². The minimum atomic E-state index is -0.331. The average Bonchev–Trinajstić information content (AvgIpc) is 2.69. The molecule has 1 N–H and O–H groups in total. The number of halogens is 1. The number of aryl methyl sites for hydroxylation is 1. The average molecular weight is 480 g/mol. The number of piperidine rings is 1. The summed E-state index contributed by atoms with van der Waals surface area (Å²) in [6, 6.07) is 7.51. The van der Waals surface area contributed by atoms with E-state index in [-0.39, 0.29) is 24.4 Å². The molecule has 2 heterocycles. The number of benzene rings is 1. The van der Waals surface area contributed by atoms with Gasteiger partial charge in [0.2, 0.25) is 5.95 Å². The molecule has 1 aromatic carbocycles. The molecule has 0 atom stereocenters. The van der Waals surface area contributed by atoms with E-state index in [0.29, 0.717) is 31.9 Å². The quantitative estimate of drug-likeness (QED) is 0.524. The molecule has 0 spiro atoms. The van der Waals surface area contributed by atoms with E-state index < -0.39 is 0 Å². The Morgan fingerprint density at radius 2 is 1.96 bits per heavy atom. The molecule has 0 unspecified atom stereocenters. The van der Waals surface area contributed by atoms with Gasteiger partial charge in [0.15, 0.2) is 6.61 Å². The van der Waals surface area contributed by atoms with Crippen LogP contribution in [0.3, 0.4) is 0 Å². The number of esters is 1. The Balaban J connectivity index is 1.44. The molecule has 2 aromatic rings. The maximum atomic E-state index is 12.3. The Kier molecular flexibility index (Phi) is 6.59. The smallest absolute Gasteiger partial charge is 0.309 e. The molecule has 8 heteroatoms. The first-order valence-electron chi connectivity index (χ1n) is 8.77. The van der Waals surface area contributed by atoms with Crippen LogP contribution in [-0.4, -0.2) is 41.5 Å². The van der Waals surface area contributed by atoms with Crippen molar-refractivity contribution in [1.82, 2.24) is 9.97 Å². The van der Waals surface area contributed by atoms with Crippen LogP contribution in [0.25, 0.3) is 0 Å². The van der Waals surface area contributed by atoms with Gasteiger partial charge in [0.25, 0.3) is 5.91 Å². The van der Waals surface area contributed by atoms with E-state index in [1.54, 1.807) is 18.5 Å². The minimum absolute atomic E-state index is 0.196. The number of rotatable bonds is 5. The van der Waals surface area contributed by atoms with Crippen LogP contribution in [0.1, 0.15) is 18.4 Å². The molecule has 3 rings (SSSR count). The summed E-state index contributed by atoms with van der Waals surface area (Å²) in [5.74, 6) is -0.171. The molecule has 1 aromatic heterocycles. The van der Waals surface area contributed by atoms with E-state index in [2.05, 4.69) is 42.8 Å². The lowest BCUT2D eigenvalue weighted by atomic mass is 9.97. The van der Waals surface area contributed by atoms with E-state index in [0.717, 1.165) is 14.8 Å². The zero-order valence-corrected chi connectivity index (χ0v) is 17.2. The Labute approximate surface area is 171 Å². The summed E-state index contributed by atoms with van der Waals surface area (Å²) >= 11 is 2.22. The van der Waals surface area contributed by atoms with E-state index in [1.807, 2.05) is 25.1 Å². The van der Waals surface area contributed by atoms with Gasteiger partial charge in [0, 0.05) is 34.7 Å². The number of anilines is 2. The van der Waals surface area contributed by atoms with E-state index in [4.69, 9.17) is 4.74 Å². The van der Waals surface area contributed by atoms with Crippen molar-refractivity contribution < 1.29 is 14.3 Å². The van der Waals surface area contributed by atoms with Crippen LogP contribution in [0, 0.1) is 16.4 Å². The van der Waals surface area contributed by atoms with Gasteiger partial charge in [-0.2, -0.15) is 0 Å². The van der Waals surface area contributed by atoms with Crippen LogP contribution in [0.15, 0.2) is 36.7 Å². The van der Waals surface area contributed by atoms with Crippen LogP contribution in [0.4, 0.5) is 11.6 Å². The van der Waals surface area contributed by atoms with Gasteiger partial charge in [-0.05, 0) is 72.2 Å². The maximum absolute atomic E-state index is 12.3. The van der Waals surface area contributed by atoms with E-state index in [1.165, 1.54) is 0 Å². The van der Waals surface area contributed by atoms with Crippen molar-refractivity contribution in [3.63, 3.8) is 0 Å². The first-order valence-corrected chi connectivity index (χ1v) is 9.85. The van der Waals surface area contributed by atoms with Crippen LogP contribution in [0.2, 0.25) is 0 Å². The van der Waals surface area contributed by atoms with Crippen LogP contribution in [-0.2, 0) is 14.3 Å². The van der Waals surface area contributed by atoms with E-state index in [9.17, 15) is 9.59 Å². The fraction of sp³-hybridized carbons (Fsp3) is 0.368. The van der Waals surface area contributed by atoms with Crippen molar-refractivity contribution in [2.75, 3.05) is 29.9 Å². The Morgan fingerprint density at radius 1 is 1.26 bits per heavy atom. The van der Waals surface area contributed by atoms with E-state index >= 15 is 0 Å². The first-order chi connectivity index (χ1) is 13.0. The third-order valence-corrected chi connectivity index (χ3v) is 5.14. The standard InChI is InChI=1S/C19H21IN4O3/c1-13-11-15(20)3-4-16(13)23-17(25)12-27-18(26)14-5-9-24(10-6-14)19-21-7-2-8-22-19/h2-4,7-8,11,14H,5-6,9-10,12H2,1H3,(H,23,25). The van der Waals surface area contributed by atoms with Crippen LogP contribution >= 0.6 is 22.6 Å². The normalized spacial score (nSPS) is 14.7. The highest BCUT2D eigenvalue weighted by Gasteiger charge is 2.27. The molecule has 7 nitrogen and oxygen atoms in total. The zero-order valence-electron chi connectivity index (χ0n) is 15.0. The third kappa shape index (κ3) is 5.38. The summed E-state index contributed by atoms with van der Waals surface area (Å²) in [4.78, 5) is 34.8. The zero-order chi connectivity index (χ0) is 19.2. The lowest BCUT2D eigenvalue weighted by Gasteiger charge is -2.30. The highest BCUT2D eigenvalue weighted by Crippen LogP contribution is 2.21. The Hall–Kier alpha value is -2.23. The molecular weight excluding hydrogens is 459 g/mol. The highest BCUT2D eigenvalue weighted by atomic mass is 127. The molecule has 0 radical (unpaired) electrons. The summed E-state index contributed by atoms with van der Waals surface area (Å²) in [6.07, 6.45) is 4.73. The molecule has 0 aliphatic carbocycles. The predicted molar refractivity (Wildman–Crippen MR) is 110 cm³/mol. The van der Waals surface area contributed by atoms with Crippen molar-refractivity contribution in [2.45, 2.75) is 19.8 Å². The summed E-state index contributed by atoms with van der Waals surface area (Å²) in [7, 11) is 0. The van der Waals surface area contributed by atoms with Gasteiger partial charge in [0.05, 0.1) is 5.92 Å². The molecule has 0 saturated carbocycles.